The Bertz CT molecular complexity index is 5140. The van der Waals surface area contributed by atoms with E-state index in [1.165, 1.54) is 0 Å². The summed E-state index contributed by atoms with van der Waals surface area (Å²) in [6.07, 6.45) is 16.7. The lowest BCUT2D eigenvalue weighted by atomic mass is 9.79. The largest absolute Gasteiger partial charge is 0.507 e. The van der Waals surface area contributed by atoms with Gasteiger partial charge in [0, 0.05) is 74.7 Å². The average molecular weight is 1370 g/mol. The second kappa shape index (κ2) is 25.0. The molecular formula is C75H82N22O3S. The average Bonchev–Trinajstić information content (AvgIpc) is 1.76. The van der Waals surface area contributed by atoms with Gasteiger partial charge in [0.05, 0.1) is 53.2 Å². The highest BCUT2D eigenvalue weighted by Crippen LogP contribution is 2.42. The Balaban J connectivity index is 0.000000123. The first kappa shape index (κ1) is 66.3. The highest BCUT2D eigenvalue weighted by molar-refractivity contribution is 7.08. The van der Waals surface area contributed by atoms with E-state index in [0.717, 1.165) is 83.1 Å². The first-order valence-electron chi connectivity index (χ1n) is 34.1. The van der Waals surface area contributed by atoms with E-state index in [1.807, 2.05) is 138 Å². The van der Waals surface area contributed by atoms with Crippen LogP contribution in [0.15, 0.2) is 151 Å². The van der Waals surface area contributed by atoms with Crippen LogP contribution in [0.4, 0.5) is 0 Å². The molecule has 17 rings (SSSR count). The first-order chi connectivity index (χ1) is 48.1. The Morgan fingerprint density at radius 1 is 0.396 bits per heavy atom. The van der Waals surface area contributed by atoms with E-state index in [2.05, 4.69) is 176 Å². The number of aromatic nitrogens is 19. The molecule has 3 aliphatic heterocycles. The molecular weight excluding hydrogens is 1290 g/mol. The standard InChI is InChI=1S/2C26H28N8O.C23H26N6OS/c1-25(2)14-18(15-26(3,4)31-25)34-24-21(29-32-34)13-20(28-30-24)19-6-5-16(11-22(19)35)17-7-9-33-10-8-27-23(33)12-17;1-25(2)12-19(13-26(3,4)31-25)34-24-22(29-32-34)11-21(28-30-24)20-6-5-16(10-23(20)35)17-7-8-33-15-27-14-18(33)9-17;1-22(2)11-16(12-23(3,4)27-22)29-21-19(25-28-29)10-18(24-26-21)17-6-5-14(9-20(17)30)15-7-8-31-13-15/h5-13,18,31,35H,14-15H2,1-4H3;5-11,14-15,19,31,35H,12-13H2,1-4H3;5-10,13,16,27,30H,11-12H2,1-4H3. The first-order valence-corrected chi connectivity index (χ1v) is 35.0. The van der Waals surface area contributed by atoms with Gasteiger partial charge in [0.15, 0.2) is 0 Å². The van der Waals surface area contributed by atoms with Crippen molar-refractivity contribution in [2.45, 2.75) is 173 Å². The molecule has 0 saturated carbocycles. The molecule has 101 heavy (non-hydrogen) atoms. The number of nitrogens with one attached hydrogen (secondary N) is 3. The molecule has 3 saturated heterocycles. The van der Waals surface area contributed by atoms with E-state index < -0.39 is 0 Å². The number of imidazole rings is 2. The summed E-state index contributed by atoms with van der Waals surface area (Å²) in [5.74, 6) is 0.444. The fraction of sp³-hybridized carbons (Fsp3) is 0.360. The highest BCUT2D eigenvalue weighted by atomic mass is 32.1. The predicted octanol–water partition coefficient (Wildman–Crippen LogP) is 13.6. The zero-order valence-corrected chi connectivity index (χ0v) is 59.5. The van der Waals surface area contributed by atoms with Gasteiger partial charge in [0.2, 0.25) is 16.9 Å². The van der Waals surface area contributed by atoms with Gasteiger partial charge in [0.1, 0.15) is 39.4 Å². The molecule has 11 aromatic heterocycles. The summed E-state index contributed by atoms with van der Waals surface area (Å²) in [7, 11) is 0. The zero-order valence-electron chi connectivity index (χ0n) is 58.7. The minimum Gasteiger partial charge on any atom is -0.507 e. The van der Waals surface area contributed by atoms with Crippen molar-refractivity contribution >= 4 is 56.0 Å². The summed E-state index contributed by atoms with van der Waals surface area (Å²) in [5, 5.41) is 101. The van der Waals surface area contributed by atoms with Gasteiger partial charge < -0.3 is 40.1 Å². The van der Waals surface area contributed by atoms with Gasteiger partial charge in [-0.2, -0.15) is 11.3 Å². The number of hydrogen-bond acceptors (Lipinski definition) is 21. The van der Waals surface area contributed by atoms with E-state index in [0.29, 0.717) is 67.3 Å². The Morgan fingerprint density at radius 3 is 1.16 bits per heavy atom. The summed E-state index contributed by atoms with van der Waals surface area (Å²) < 4.78 is 9.62. The fourth-order valence-electron chi connectivity index (χ4n) is 16.1. The summed E-state index contributed by atoms with van der Waals surface area (Å²) in [6, 6.07) is 32.9. The number of phenolic OH excluding ortho intramolecular Hbond substituents is 3. The zero-order chi connectivity index (χ0) is 70.5. The van der Waals surface area contributed by atoms with Crippen molar-refractivity contribution in [2.75, 3.05) is 0 Å². The van der Waals surface area contributed by atoms with Gasteiger partial charge in [-0.15, -0.1) is 45.9 Å². The van der Waals surface area contributed by atoms with Crippen LogP contribution >= 0.6 is 11.3 Å². The third kappa shape index (κ3) is 13.7. The van der Waals surface area contributed by atoms with Gasteiger partial charge in [-0.1, -0.05) is 33.8 Å². The van der Waals surface area contributed by atoms with E-state index in [-0.39, 0.29) is 68.6 Å². The number of rotatable bonds is 9. The maximum atomic E-state index is 10.8. The van der Waals surface area contributed by atoms with Crippen molar-refractivity contribution in [3.05, 3.63) is 151 Å². The SMILES string of the molecule is CC1(C)CC(n2nnc3cc(-c4ccc(-c5ccn6ccnc6c5)cc4O)nnc32)CC(C)(C)N1.CC1(C)CC(n2nnc3cc(-c4ccc(-c5ccn6cncc6c5)cc4O)nnc32)CC(C)(C)N1.CC1(C)CC(n2nnc3cc(-c4ccc(-c5ccsc5)cc4O)nnc32)CC(C)(C)N1. The number of nitrogens with zero attached hydrogens (tertiary/aromatic N) is 19. The van der Waals surface area contributed by atoms with Gasteiger partial charge >= 0.3 is 0 Å². The Hall–Kier alpha value is -10.5. The Morgan fingerprint density at radius 2 is 0.772 bits per heavy atom. The maximum Gasteiger partial charge on any atom is 0.201 e. The third-order valence-electron chi connectivity index (χ3n) is 19.4. The number of fused-ring (bicyclic) bond motifs is 5. The van der Waals surface area contributed by atoms with Crippen LogP contribution < -0.4 is 16.0 Å². The molecule has 3 aromatic carbocycles. The van der Waals surface area contributed by atoms with E-state index >= 15 is 0 Å². The molecule has 0 spiro atoms. The second-order valence-electron chi connectivity index (χ2n) is 31.2. The molecule has 6 N–H and O–H groups in total. The van der Waals surface area contributed by atoms with Crippen LogP contribution in [0.1, 0.15) is 140 Å². The normalized spacial score (nSPS) is 18.0. The van der Waals surface area contributed by atoms with E-state index in [9.17, 15) is 15.3 Å². The minimum absolute atomic E-state index is 0.00590. The Kier molecular flexibility index (Phi) is 16.4. The number of thiophene rings is 1. The quantitative estimate of drug-likeness (QED) is 0.0782. The third-order valence-corrected chi connectivity index (χ3v) is 20.0. The number of phenols is 3. The molecule has 0 atom stereocenters. The molecule has 0 aliphatic carbocycles. The molecule has 516 valence electrons. The Labute approximate surface area is 587 Å². The van der Waals surface area contributed by atoms with Crippen LogP contribution in [0.5, 0.6) is 17.2 Å². The van der Waals surface area contributed by atoms with E-state index in [4.69, 9.17) is 0 Å². The monoisotopic (exact) mass is 1370 g/mol. The van der Waals surface area contributed by atoms with Crippen molar-refractivity contribution in [3.8, 4) is 84.4 Å². The molecule has 26 heteroatoms. The number of pyridine rings is 2. The van der Waals surface area contributed by atoms with Crippen LogP contribution in [0.25, 0.3) is 112 Å². The maximum absolute atomic E-state index is 10.8. The highest BCUT2D eigenvalue weighted by Gasteiger charge is 2.42. The molecule has 0 amide bonds. The summed E-state index contributed by atoms with van der Waals surface area (Å²) in [6.45, 7) is 26.6. The molecule has 3 fully saturated rings. The van der Waals surface area contributed by atoms with Crippen molar-refractivity contribution in [1.82, 2.24) is 110 Å². The van der Waals surface area contributed by atoms with Crippen LogP contribution in [-0.4, -0.2) is 143 Å². The molecule has 0 unspecified atom stereocenters. The predicted molar refractivity (Wildman–Crippen MR) is 391 cm³/mol. The van der Waals surface area contributed by atoms with E-state index in [1.54, 1.807) is 42.1 Å². The van der Waals surface area contributed by atoms with Gasteiger partial charge in [0.25, 0.3) is 0 Å². The molecule has 0 bridgehead atoms. The van der Waals surface area contributed by atoms with Crippen LogP contribution in [-0.2, 0) is 0 Å². The van der Waals surface area contributed by atoms with Crippen molar-refractivity contribution in [3.63, 3.8) is 0 Å². The minimum atomic E-state index is -0.0201. The molecule has 14 heterocycles. The smallest absolute Gasteiger partial charge is 0.201 e. The van der Waals surface area contributed by atoms with Gasteiger partial charge in [-0.05, 0) is 251 Å². The lowest BCUT2D eigenvalue weighted by molar-refractivity contribution is 0.126. The topological polar surface area (TPSA) is 301 Å². The lowest BCUT2D eigenvalue weighted by Gasteiger charge is -2.46. The van der Waals surface area contributed by atoms with Crippen LogP contribution in [0, 0.1) is 0 Å². The van der Waals surface area contributed by atoms with Crippen LogP contribution in [0.2, 0.25) is 0 Å². The summed E-state index contributed by atoms with van der Waals surface area (Å²) >= 11 is 1.63. The fourth-order valence-corrected chi connectivity index (χ4v) is 16.8. The van der Waals surface area contributed by atoms with Gasteiger partial charge in [-0.3, -0.25) is 0 Å². The van der Waals surface area contributed by atoms with Crippen molar-refractivity contribution in [2.24, 2.45) is 0 Å². The van der Waals surface area contributed by atoms with Gasteiger partial charge in [-0.25, -0.2) is 24.0 Å². The number of hydrogen-bond donors (Lipinski definition) is 6. The molecule has 14 aromatic rings. The molecule has 3 aliphatic rings. The van der Waals surface area contributed by atoms with Crippen LogP contribution in [0.3, 0.4) is 0 Å². The molecule has 25 nitrogen and oxygen atoms in total. The summed E-state index contributed by atoms with van der Waals surface area (Å²) in [4.78, 5) is 8.50. The number of piperidine rings is 3. The lowest BCUT2D eigenvalue weighted by Crippen LogP contribution is -2.58. The van der Waals surface area contributed by atoms with Crippen molar-refractivity contribution < 1.29 is 15.3 Å². The number of aromatic hydroxyl groups is 3. The second-order valence-corrected chi connectivity index (χ2v) is 32.0. The summed E-state index contributed by atoms with van der Waals surface area (Å²) in [5.41, 5.74) is 15.1. The number of benzene rings is 3. The molecule has 0 radical (unpaired) electrons. The van der Waals surface area contributed by atoms with Crippen molar-refractivity contribution in [1.29, 1.82) is 0 Å².